The molecule has 2 heterocycles. The zero-order chi connectivity index (χ0) is 9.80. The maximum atomic E-state index is 4.34. The van der Waals surface area contributed by atoms with Crippen LogP contribution in [-0.4, -0.2) is 24.1 Å². The van der Waals surface area contributed by atoms with Crippen LogP contribution in [-0.2, 0) is 0 Å². The Morgan fingerprint density at radius 1 is 1.57 bits per heavy atom. The number of pyridine rings is 1. The summed E-state index contributed by atoms with van der Waals surface area (Å²) in [6, 6.07) is 7.01. The van der Waals surface area contributed by atoms with Crippen molar-refractivity contribution in [1.29, 1.82) is 0 Å². The van der Waals surface area contributed by atoms with Crippen LogP contribution in [0.15, 0.2) is 24.4 Å². The van der Waals surface area contributed by atoms with Gasteiger partial charge in [0.25, 0.3) is 0 Å². The van der Waals surface area contributed by atoms with Gasteiger partial charge in [0, 0.05) is 24.8 Å². The van der Waals surface area contributed by atoms with Crippen LogP contribution in [0.5, 0.6) is 0 Å². The van der Waals surface area contributed by atoms with Crippen molar-refractivity contribution in [1.82, 2.24) is 15.6 Å². The van der Waals surface area contributed by atoms with E-state index in [0.29, 0.717) is 12.1 Å². The number of hydrogen-bond donors (Lipinski definition) is 2. The normalized spacial score (nSPS) is 23.6. The summed E-state index contributed by atoms with van der Waals surface area (Å²) in [6.07, 6.45) is 3.07. The summed E-state index contributed by atoms with van der Waals surface area (Å²) in [4.78, 5) is 4.34. The van der Waals surface area contributed by atoms with E-state index in [0.717, 1.165) is 18.8 Å². The van der Waals surface area contributed by atoms with Gasteiger partial charge in [-0.1, -0.05) is 6.07 Å². The molecule has 1 aromatic rings. The summed E-state index contributed by atoms with van der Waals surface area (Å²) in [5.74, 6) is 0. The predicted molar refractivity (Wildman–Crippen MR) is 57.1 cm³/mol. The summed E-state index contributed by atoms with van der Waals surface area (Å²) in [7, 11) is 0. The van der Waals surface area contributed by atoms with E-state index in [1.54, 1.807) is 0 Å². The number of rotatable bonds is 3. The van der Waals surface area contributed by atoms with Gasteiger partial charge in [-0.05, 0) is 32.0 Å². The van der Waals surface area contributed by atoms with Gasteiger partial charge in [0.15, 0.2) is 0 Å². The minimum atomic E-state index is 0.348. The molecule has 0 aromatic carbocycles. The molecule has 1 fully saturated rings. The first-order valence-electron chi connectivity index (χ1n) is 5.24. The summed E-state index contributed by atoms with van der Waals surface area (Å²) in [5, 5.41) is 6.92. The molecule has 2 N–H and O–H groups in total. The molecule has 3 heteroatoms. The van der Waals surface area contributed by atoms with Crippen molar-refractivity contribution in [3.05, 3.63) is 30.1 Å². The van der Waals surface area contributed by atoms with Gasteiger partial charge in [-0.3, -0.25) is 4.98 Å². The molecule has 0 aliphatic carbocycles. The lowest BCUT2D eigenvalue weighted by Gasteiger charge is -2.17. The molecule has 0 saturated carbocycles. The molecule has 0 radical (unpaired) electrons. The number of nitrogens with one attached hydrogen (secondary N) is 2. The quantitative estimate of drug-likeness (QED) is 0.751. The third-order valence-corrected chi connectivity index (χ3v) is 2.68. The van der Waals surface area contributed by atoms with Crippen molar-refractivity contribution in [2.45, 2.75) is 25.4 Å². The van der Waals surface area contributed by atoms with Crippen LogP contribution in [0.4, 0.5) is 0 Å². The summed E-state index contributed by atoms with van der Waals surface area (Å²) in [5.41, 5.74) is 1.12. The smallest absolute Gasteiger partial charge is 0.0570 e. The van der Waals surface area contributed by atoms with Crippen molar-refractivity contribution in [2.75, 3.05) is 13.1 Å². The standard InChI is InChI=1S/C11H17N3/c1-9(11-4-2-3-6-13-11)14-10-5-7-12-8-10/h2-4,6,9-10,12,14H,5,7-8H2,1H3. The lowest BCUT2D eigenvalue weighted by Crippen LogP contribution is -2.33. The fourth-order valence-corrected chi connectivity index (χ4v) is 1.87. The Bertz CT molecular complexity index is 267. The zero-order valence-electron chi connectivity index (χ0n) is 8.53. The number of aromatic nitrogens is 1. The van der Waals surface area contributed by atoms with Crippen LogP contribution >= 0.6 is 0 Å². The Hall–Kier alpha value is -0.930. The fourth-order valence-electron chi connectivity index (χ4n) is 1.87. The fraction of sp³-hybridized carbons (Fsp3) is 0.545. The van der Waals surface area contributed by atoms with E-state index in [-0.39, 0.29) is 0 Å². The highest BCUT2D eigenvalue weighted by Crippen LogP contribution is 2.10. The second kappa shape index (κ2) is 4.53. The van der Waals surface area contributed by atoms with E-state index in [2.05, 4.69) is 28.6 Å². The summed E-state index contributed by atoms with van der Waals surface area (Å²) in [6.45, 7) is 4.38. The van der Waals surface area contributed by atoms with E-state index >= 15 is 0 Å². The molecule has 76 valence electrons. The molecule has 2 unspecified atom stereocenters. The molecule has 14 heavy (non-hydrogen) atoms. The first-order valence-corrected chi connectivity index (χ1v) is 5.24. The van der Waals surface area contributed by atoms with E-state index in [1.165, 1.54) is 6.42 Å². The Balaban J connectivity index is 1.92. The van der Waals surface area contributed by atoms with Gasteiger partial charge in [-0.15, -0.1) is 0 Å². The van der Waals surface area contributed by atoms with Crippen molar-refractivity contribution in [2.24, 2.45) is 0 Å². The second-order valence-electron chi connectivity index (χ2n) is 3.83. The molecule has 3 nitrogen and oxygen atoms in total. The molecule has 1 saturated heterocycles. The monoisotopic (exact) mass is 191 g/mol. The molecule has 0 spiro atoms. The minimum Gasteiger partial charge on any atom is -0.315 e. The molecule has 2 atom stereocenters. The van der Waals surface area contributed by atoms with E-state index in [4.69, 9.17) is 0 Å². The predicted octanol–water partition coefficient (Wildman–Crippen LogP) is 1.09. The van der Waals surface area contributed by atoms with Crippen LogP contribution in [0.3, 0.4) is 0 Å². The highest BCUT2D eigenvalue weighted by atomic mass is 15.0. The molecular formula is C11H17N3. The largest absolute Gasteiger partial charge is 0.315 e. The third kappa shape index (κ3) is 2.30. The van der Waals surface area contributed by atoms with Crippen LogP contribution in [0, 0.1) is 0 Å². The van der Waals surface area contributed by atoms with Crippen molar-refractivity contribution < 1.29 is 0 Å². The van der Waals surface area contributed by atoms with Crippen molar-refractivity contribution in [3.63, 3.8) is 0 Å². The van der Waals surface area contributed by atoms with E-state index in [9.17, 15) is 0 Å². The Morgan fingerprint density at radius 3 is 3.14 bits per heavy atom. The van der Waals surface area contributed by atoms with Gasteiger partial charge >= 0.3 is 0 Å². The first kappa shape index (κ1) is 9.62. The maximum absolute atomic E-state index is 4.34. The van der Waals surface area contributed by atoms with Crippen molar-refractivity contribution >= 4 is 0 Å². The number of nitrogens with zero attached hydrogens (tertiary/aromatic N) is 1. The lowest BCUT2D eigenvalue weighted by atomic mass is 10.1. The second-order valence-corrected chi connectivity index (χ2v) is 3.83. The SMILES string of the molecule is CC(NC1CCNC1)c1ccccn1. The molecule has 1 aromatic heterocycles. The highest BCUT2D eigenvalue weighted by Gasteiger charge is 2.17. The zero-order valence-corrected chi connectivity index (χ0v) is 8.53. The Labute approximate surface area is 84.9 Å². The van der Waals surface area contributed by atoms with Gasteiger partial charge in [-0.2, -0.15) is 0 Å². The molecular weight excluding hydrogens is 174 g/mol. The van der Waals surface area contributed by atoms with Crippen LogP contribution in [0.1, 0.15) is 25.1 Å². The highest BCUT2D eigenvalue weighted by molar-refractivity contribution is 5.08. The molecule has 2 rings (SSSR count). The van der Waals surface area contributed by atoms with Crippen molar-refractivity contribution in [3.8, 4) is 0 Å². The maximum Gasteiger partial charge on any atom is 0.0570 e. The molecule has 0 amide bonds. The number of hydrogen-bond acceptors (Lipinski definition) is 3. The van der Waals surface area contributed by atoms with E-state index in [1.807, 2.05) is 18.3 Å². The summed E-state index contributed by atoms with van der Waals surface area (Å²) >= 11 is 0. The third-order valence-electron chi connectivity index (χ3n) is 2.68. The van der Waals surface area contributed by atoms with Gasteiger partial charge in [0.2, 0.25) is 0 Å². The summed E-state index contributed by atoms with van der Waals surface area (Å²) < 4.78 is 0. The Morgan fingerprint density at radius 2 is 2.50 bits per heavy atom. The van der Waals surface area contributed by atoms with Gasteiger partial charge in [0.1, 0.15) is 0 Å². The van der Waals surface area contributed by atoms with Crippen LogP contribution in [0.2, 0.25) is 0 Å². The van der Waals surface area contributed by atoms with E-state index < -0.39 is 0 Å². The van der Waals surface area contributed by atoms with Gasteiger partial charge in [-0.25, -0.2) is 0 Å². The van der Waals surface area contributed by atoms with Gasteiger partial charge < -0.3 is 10.6 Å². The average Bonchev–Trinajstić information content (AvgIpc) is 2.72. The Kier molecular flexibility index (Phi) is 3.11. The lowest BCUT2D eigenvalue weighted by molar-refractivity contribution is 0.471. The van der Waals surface area contributed by atoms with Crippen LogP contribution in [0.25, 0.3) is 0 Å². The first-order chi connectivity index (χ1) is 6.86. The average molecular weight is 191 g/mol. The van der Waals surface area contributed by atoms with Crippen LogP contribution < -0.4 is 10.6 Å². The molecule has 1 aliphatic heterocycles. The topological polar surface area (TPSA) is 37.0 Å². The van der Waals surface area contributed by atoms with Gasteiger partial charge in [0.05, 0.1) is 5.69 Å². The molecule has 0 bridgehead atoms. The minimum absolute atomic E-state index is 0.348. The molecule has 1 aliphatic rings.